The Morgan fingerprint density at radius 3 is 2.96 bits per heavy atom. The number of nitrogens with zero attached hydrogens (tertiary/aromatic N) is 4. The number of nitriles is 2. The van der Waals surface area contributed by atoms with Crippen molar-refractivity contribution >= 4 is 22.7 Å². The minimum absolute atomic E-state index is 0.192. The van der Waals surface area contributed by atoms with Crippen molar-refractivity contribution in [3.05, 3.63) is 30.5 Å². The van der Waals surface area contributed by atoms with Gasteiger partial charge in [-0.1, -0.05) is 30.0 Å². The monoisotopic (exact) mass is 323 g/mol. The number of para-hydroxylation sites is 1. The van der Waals surface area contributed by atoms with Gasteiger partial charge in [-0.05, 0) is 12.5 Å². The molecule has 114 valence electrons. The predicted octanol–water partition coefficient (Wildman–Crippen LogP) is 3.75. The standard InChI is InChI=1S/C16H13N5OS/c17-7-3-4-11(8-18)10-23-16-21-20-15(22-16)13-9-19-14-6-2-1-5-12(13)14/h1-2,5-6,9,11,19H,3-4,10H2/t11-/m0/s1. The van der Waals surface area contributed by atoms with E-state index in [0.717, 1.165) is 16.5 Å². The zero-order valence-corrected chi connectivity index (χ0v) is 13.0. The summed E-state index contributed by atoms with van der Waals surface area (Å²) in [6, 6.07) is 12.1. The summed E-state index contributed by atoms with van der Waals surface area (Å²) in [5, 5.41) is 27.2. The SMILES string of the molecule is N#CCC[C@@H](C#N)CSc1nnc(-c2c[nH]c3ccccc23)o1. The summed E-state index contributed by atoms with van der Waals surface area (Å²) in [5.41, 5.74) is 1.87. The first-order chi connectivity index (χ1) is 11.3. The van der Waals surface area contributed by atoms with Crippen molar-refractivity contribution in [3.63, 3.8) is 0 Å². The second kappa shape index (κ2) is 6.99. The number of nitrogens with one attached hydrogen (secondary N) is 1. The zero-order valence-electron chi connectivity index (χ0n) is 12.2. The molecule has 0 spiro atoms. The summed E-state index contributed by atoms with van der Waals surface area (Å²) in [6.45, 7) is 0. The van der Waals surface area contributed by atoms with Crippen molar-refractivity contribution < 1.29 is 4.42 Å². The summed E-state index contributed by atoms with van der Waals surface area (Å²) in [7, 11) is 0. The van der Waals surface area contributed by atoms with Crippen molar-refractivity contribution in [1.82, 2.24) is 15.2 Å². The van der Waals surface area contributed by atoms with Crippen LogP contribution in [0.3, 0.4) is 0 Å². The smallest absolute Gasteiger partial charge is 0.276 e. The third kappa shape index (κ3) is 3.36. The van der Waals surface area contributed by atoms with E-state index in [-0.39, 0.29) is 5.92 Å². The normalized spacial score (nSPS) is 11.9. The minimum atomic E-state index is -0.192. The van der Waals surface area contributed by atoms with Crippen LogP contribution >= 0.6 is 11.8 Å². The van der Waals surface area contributed by atoms with Crippen LogP contribution in [0.25, 0.3) is 22.4 Å². The maximum absolute atomic E-state index is 9.06. The van der Waals surface area contributed by atoms with Gasteiger partial charge in [0, 0.05) is 29.3 Å². The molecule has 0 aliphatic carbocycles. The molecule has 6 nitrogen and oxygen atoms in total. The molecule has 7 heteroatoms. The molecule has 1 N–H and O–H groups in total. The molecule has 3 rings (SSSR count). The van der Waals surface area contributed by atoms with E-state index in [1.54, 1.807) is 0 Å². The summed E-state index contributed by atoms with van der Waals surface area (Å²) in [6.07, 6.45) is 2.78. The number of fused-ring (bicyclic) bond motifs is 1. The van der Waals surface area contributed by atoms with Crippen LogP contribution in [0.1, 0.15) is 12.8 Å². The minimum Gasteiger partial charge on any atom is -0.411 e. The molecule has 0 fully saturated rings. The third-order valence-electron chi connectivity index (χ3n) is 3.42. The molecule has 0 radical (unpaired) electrons. The predicted molar refractivity (Wildman–Crippen MR) is 86.3 cm³/mol. The van der Waals surface area contributed by atoms with Gasteiger partial charge in [0.1, 0.15) is 0 Å². The van der Waals surface area contributed by atoms with E-state index < -0.39 is 0 Å². The first-order valence-corrected chi connectivity index (χ1v) is 8.09. The van der Waals surface area contributed by atoms with Gasteiger partial charge in [-0.2, -0.15) is 10.5 Å². The lowest BCUT2D eigenvalue weighted by Gasteiger charge is -2.02. The van der Waals surface area contributed by atoms with E-state index in [1.807, 2.05) is 30.5 Å². The Hall–Kier alpha value is -2.77. The molecule has 0 unspecified atom stereocenters. The van der Waals surface area contributed by atoms with Gasteiger partial charge in [0.05, 0.1) is 23.6 Å². The van der Waals surface area contributed by atoms with Crippen LogP contribution in [-0.4, -0.2) is 20.9 Å². The number of aromatic amines is 1. The molecular formula is C16H13N5OS. The Bertz CT molecular complexity index is 886. The molecule has 0 saturated carbocycles. The molecule has 0 bridgehead atoms. The van der Waals surface area contributed by atoms with Gasteiger partial charge in [-0.15, -0.1) is 10.2 Å². The quantitative estimate of drug-likeness (QED) is 0.693. The van der Waals surface area contributed by atoms with Gasteiger partial charge in [-0.3, -0.25) is 0 Å². The number of thioether (sulfide) groups is 1. The highest BCUT2D eigenvalue weighted by Gasteiger charge is 2.15. The summed E-state index contributed by atoms with van der Waals surface area (Å²) in [5.74, 6) is 0.798. The fourth-order valence-electron chi connectivity index (χ4n) is 2.22. The fraction of sp³-hybridized carbons (Fsp3) is 0.250. The summed E-state index contributed by atoms with van der Waals surface area (Å²) < 4.78 is 5.68. The van der Waals surface area contributed by atoms with E-state index in [2.05, 4.69) is 27.3 Å². The largest absolute Gasteiger partial charge is 0.411 e. The molecule has 23 heavy (non-hydrogen) atoms. The van der Waals surface area contributed by atoms with Crippen molar-refractivity contribution in [2.24, 2.45) is 5.92 Å². The van der Waals surface area contributed by atoms with E-state index >= 15 is 0 Å². The van der Waals surface area contributed by atoms with Gasteiger partial charge in [0.2, 0.25) is 0 Å². The molecule has 1 aromatic carbocycles. The number of hydrogen-bond donors (Lipinski definition) is 1. The first kappa shape index (κ1) is 15.1. The van der Waals surface area contributed by atoms with Gasteiger partial charge in [0.25, 0.3) is 11.1 Å². The van der Waals surface area contributed by atoms with E-state index in [4.69, 9.17) is 14.9 Å². The number of H-pyrrole nitrogens is 1. The van der Waals surface area contributed by atoms with Gasteiger partial charge in [0.15, 0.2) is 0 Å². The lowest BCUT2D eigenvalue weighted by molar-refractivity contribution is 0.465. The molecule has 0 amide bonds. The van der Waals surface area contributed by atoms with Crippen LogP contribution in [0.4, 0.5) is 0 Å². The highest BCUT2D eigenvalue weighted by Crippen LogP contribution is 2.30. The topological polar surface area (TPSA) is 102 Å². The molecule has 0 saturated heterocycles. The molecule has 0 aliphatic rings. The first-order valence-electron chi connectivity index (χ1n) is 7.11. The van der Waals surface area contributed by atoms with Crippen LogP contribution in [0.2, 0.25) is 0 Å². The van der Waals surface area contributed by atoms with Crippen molar-refractivity contribution in [1.29, 1.82) is 10.5 Å². The average Bonchev–Trinajstić information content (AvgIpc) is 3.21. The number of rotatable bonds is 6. The van der Waals surface area contributed by atoms with Gasteiger partial charge in [-0.25, -0.2) is 0 Å². The van der Waals surface area contributed by atoms with Crippen LogP contribution in [0, 0.1) is 28.6 Å². The number of hydrogen-bond acceptors (Lipinski definition) is 6. The van der Waals surface area contributed by atoms with Gasteiger partial charge >= 0.3 is 0 Å². The zero-order chi connectivity index (χ0) is 16.1. The molecule has 2 aromatic heterocycles. The second-order valence-electron chi connectivity index (χ2n) is 4.95. The van der Waals surface area contributed by atoms with Crippen LogP contribution in [0.5, 0.6) is 0 Å². The molecule has 1 atom stereocenters. The van der Waals surface area contributed by atoms with Crippen LogP contribution < -0.4 is 0 Å². The van der Waals surface area contributed by atoms with Crippen LogP contribution in [0.15, 0.2) is 40.1 Å². The molecule has 3 aromatic rings. The van der Waals surface area contributed by atoms with E-state index in [0.29, 0.717) is 29.7 Å². The molecule has 2 heterocycles. The number of benzene rings is 1. The Labute approximate surface area is 137 Å². The molecular weight excluding hydrogens is 310 g/mol. The Morgan fingerprint density at radius 2 is 2.13 bits per heavy atom. The van der Waals surface area contributed by atoms with Crippen molar-refractivity contribution in [2.75, 3.05) is 5.75 Å². The Morgan fingerprint density at radius 1 is 1.26 bits per heavy atom. The summed E-state index contributed by atoms with van der Waals surface area (Å²) >= 11 is 1.34. The highest BCUT2D eigenvalue weighted by molar-refractivity contribution is 7.99. The van der Waals surface area contributed by atoms with Crippen LogP contribution in [-0.2, 0) is 0 Å². The maximum atomic E-state index is 9.06. The maximum Gasteiger partial charge on any atom is 0.276 e. The lowest BCUT2D eigenvalue weighted by atomic mass is 10.1. The van der Waals surface area contributed by atoms with Crippen molar-refractivity contribution in [3.8, 4) is 23.6 Å². The highest BCUT2D eigenvalue weighted by atomic mass is 32.2. The average molecular weight is 323 g/mol. The van der Waals surface area contributed by atoms with E-state index in [1.165, 1.54) is 11.8 Å². The van der Waals surface area contributed by atoms with E-state index in [9.17, 15) is 0 Å². The van der Waals surface area contributed by atoms with Gasteiger partial charge < -0.3 is 9.40 Å². The second-order valence-corrected chi connectivity index (χ2v) is 5.93. The number of aromatic nitrogens is 3. The lowest BCUT2D eigenvalue weighted by Crippen LogP contribution is -1.99. The summed E-state index contributed by atoms with van der Waals surface area (Å²) in [4.78, 5) is 3.17. The Balaban J connectivity index is 1.71. The third-order valence-corrected chi connectivity index (χ3v) is 4.40. The van der Waals surface area contributed by atoms with Crippen molar-refractivity contribution in [2.45, 2.75) is 18.1 Å². The Kier molecular flexibility index (Phi) is 4.60. The fourth-order valence-corrected chi connectivity index (χ4v) is 3.04. The molecule has 0 aliphatic heterocycles.